The summed E-state index contributed by atoms with van der Waals surface area (Å²) in [6.45, 7) is 4.48. The van der Waals surface area contributed by atoms with Crippen molar-refractivity contribution in [3.63, 3.8) is 0 Å². The van der Waals surface area contributed by atoms with E-state index >= 15 is 0 Å². The third-order valence-electron chi connectivity index (χ3n) is 2.23. The summed E-state index contributed by atoms with van der Waals surface area (Å²) in [6, 6.07) is 0. The van der Waals surface area contributed by atoms with Gasteiger partial charge in [0.15, 0.2) is 0 Å². The fourth-order valence-electron chi connectivity index (χ4n) is 1.41. The molecule has 2 heteroatoms. The van der Waals surface area contributed by atoms with E-state index in [1.54, 1.807) is 0 Å². The van der Waals surface area contributed by atoms with Gasteiger partial charge in [-0.25, -0.2) is 0 Å². The maximum atomic E-state index is 7.06. The van der Waals surface area contributed by atoms with E-state index in [1.807, 2.05) is 0 Å². The van der Waals surface area contributed by atoms with Crippen molar-refractivity contribution in [2.24, 2.45) is 5.92 Å². The highest BCUT2D eigenvalue weighted by Gasteiger charge is 2.09. The van der Waals surface area contributed by atoms with Crippen LogP contribution in [0.2, 0.25) is 0 Å². The van der Waals surface area contributed by atoms with Crippen LogP contribution in [0.25, 0.3) is 0 Å². The third kappa shape index (κ3) is 2.01. The summed E-state index contributed by atoms with van der Waals surface area (Å²) in [4.78, 5) is 2.10. The predicted octanol–water partition coefficient (Wildman–Crippen LogP) is 1.72. The van der Waals surface area contributed by atoms with E-state index in [0.717, 1.165) is 19.0 Å². The molecule has 0 aromatic rings. The van der Waals surface area contributed by atoms with Gasteiger partial charge in [-0.05, 0) is 25.2 Å². The minimum absolute atomic E-state index is 0.866. The number of nitrogens with one attached hydrogen (secondary N) is 1. The lowest BCUT2D eigenvalue weighted by Crippen LogP contribution is -2.22. The van der Waals surface area contributed by atoms with Crippen molar-refractivity contribution < 1.29 is 0 Å². The van der Waals surface area contributed by atoms with E-state index in [9.17, 15) is 0 Å². The molecule has 58 valence electrons. The van der Waals surface area contributed by atoms with Crippen molar-refractivity contribution in [1.29, 1.82) is 5.41 Å². The van der Waals surface area contributed by atoms with Gasteiger partial charge in [-0.2, -0.15) is 0 Å². The zero-order chi connectivity index (χ0) is 7.40. The highest BCUT2D eigenvalue weighted by atomic mass is 15.1. The van der Waals surface area contributed by atoms with Crippen molar-refractivity contribution in [2.75, 3.05) is 13.1 Å². The van der Waals surface area contributed by atoms with Gasteiger partial charge in [0.25, 0.3) is 0 Å². The summed E-state index contributed by atoms with van der Waals surface area (Å²) in [5.41, 5.74) is 0. The molecule has 0 bridgehead atoms. The lowest BCUT2D eigenvalue weighted by molar-refractivity contribution is 0.434. The van der Waals surface area contributed by atoms with Crippen LogP contribution in [-0.2, 0) is 0 Å². The van der Waals surface area contributed by atoms with Crippen molar-refractivity contribution >= 4 is 6.34 Å². The Morgan fingerprint density at radius 2 is 2.20 bits per heavy atom. The molecule has 1 rings (SSSR count). The quantitative estimate of drug-likeness (QED) is 0.435. The monoisotopic (exact) mass is 140 g/mol. The Labute approximate surface area is 62.7 Å². The highest BCUT2D eigenvalue weighted by molar-refractivity contribution is 5.50. The molecule has 1 aliphatic rings. The van der Waals surface area contributed by atoms with Crippen LogP contribution in [-0.4, -0.2) is 24.3 Å². The first-order chi connectivity index (χ1) is 4.83. The molecular weight excluding hydrogens is 124 g/mol. The van der Waals surface area contributed by atoms with E-state index < -0.39 is 0 Å². The van der Waals surface area contributed by atoms with E-state index in [0.29, 0.717) is 0 Å². The van der Waals surface area contributed by atoms with E-state index in [4.69, 9.17) is 5.41 Å². The molecule has 0 aromatic heterocycles. The normalized spacial score (nSPS) is 27.7. The summed E-state index contributed by atoms with van der Waals surface area (Å²) in [5, 5.41) is 7.06. The summed E-state index contributed by atoms with van der Waals surface area (Å²) in [6.07, 6.45) is 5.33. The second-order valence-electron chi connectivity index (χ2n) is 3.20. The molecule has 1 heterocycles. The molecule has 10 heavy (non-hydrogen) atoms. The van der Waals surface area contributed by atoms with Crippen LogP contribution >= 0.6 is 0 Å². The topological polar surface area (TPSA) is 27.1 Å². The van der Waals surface area contributed by atoms with Crippen LogP contribution in [0.4, 0.5) is 0 Å². The lowest BCUT2D eigenvalue weighted by atomic mass is 10.0. The summed E-state index contributed by atoms with van der Waals surface area (Å²) in [5.74, 6) is 0.866. The molecule has 1 N–H and O–H groups in total. The molecule has 2 nitrogen and oxygen atoms in total. The predicted molar refractivity (Wildman–Crippen MR) is 43.4 cm³/mol. The Hall–Kier alpha value is -0.530. The Morgan fingerprint density at radius 1 is 1.40 bits per heavy atom. The van der Waals surface area contributed by atoms with Crippen LogP contribution in [0.1, 0.15) is 26.2 Å². The average molecular weight is 140 g/mol. The largest absolute Gasteiger partial charge is 0.363 e. The molecule has 1 fully saturated rings. The molecule has 0 saturated carbocycles. The van der Waals surface area contributed by atoms with Gasteiger partial charge in [0.1, 0.15) is 0 Å². The first-order valence-corrected chi connectivity index (χ1v) is 4.07. The van der Waals surface area contributed by atoms with E-state index in [-0.39, 0.29) is 0 Å². The van der Waals surface area contributed by atoms with Gasteiger partial charge in [-0.3, -0.25) is 5.41 Å². The maximum Gasteiger partial charge on any atom is 0.0817 e. The first kappa shape index (κ1) is 7.58. The van der Waals surface area contributed by atoms with Crippen LogP contribution in [0.3, 0.4) is 0 Å². The van der Waals surface area contributed by atoms with Crippen LogP contribution in [0.15, 0.2) is 0 Å². The summed E-state index contributed by atoms with van der Waals surface area (Å²) >= 11 is 0. The Bertz CT molecular complexity index is 112. The minimum Gasteiger partial charge on any atom is -0.363 e. The van der Waals surface area contributed by atoms with Gasteiger partial charge in [0.2, 0.25) is 0 Å². The third-order valence-corrected chi connectivity index (χ3v) is 2.23. The van der Waals surface area contributed by atoms with Gasteiger partial charge < -0.3 is 4.90 Å². The standard InChI is InChI=1S/C8H16N2/c1-8-3-2-5-10(7-9)6-4-8/h7-9H,2-6H2,1H3. The van der Waals surface area contributed by atoms with Crippen LogP contribution < -0.4 is 0 Å². The second kappa shape index (κ2) is 3.59. The highest BCUT2D eigenvalue weighted by Crippen LogP contribution is 2.14. The summed E-state index contributed by atoms with van der Waals surface area (Å²) < 4.78 is 0. The maximum absolute atomic E-state index is 7.06. The van der Waals surface area contributed by atoms with Gasteiger partial charge in [-0.1, -0.05) is 6.92 Å². The molecule has 0 amide bonds. The minimum atomic E-state index is 0.866. The number of hydrogen-bond acceptors (Lipinski definition) is 1. The lowest BCUT2D eigenvalue weighted by Gasteiger charge is -2.14. The summed E-state index contributed by atoms with van der Waals surface area (Å²) in [7, 11) is 0. The molecule has 1 aliphatic heterocycles. The number of rotatable bonds is 1. The van der Waals surface area contributed by atoms with Crippen molar-refractivity contribution in [3.8, 4) is 0 Å². The molecular formula is C8H16N2. The molecule has 0 aromatic carbocycles. The number of hydrogen-bond donors (Lipinski definition) is 1. The van der Waals surface area contributed by atoms with Gasteiger partial charge in [-0.15, -0.1) is 0 Å². The molecule has 1 unspecified atom stereocenters. The van der Waals surface area contributed by atoms with Crippen molar-refractivity contribution in [2.45, 2.75) is 26.2 Å². The number of nitrogens with zero attached hydrogens (tertiary/aromatic N) is 1. The Morgan fingerprint density at radius 3 is 2.90 bits per heavy atom. The fourth-order valence-corrected chi connectivity index (χ4v) is 1.41. The van der Waals surface area contributed by atoms with Crippen LogP contribution in [0, 0.1) is 11.3 Å². The SMILES string of the molecule is CC1CCCN(C=N)CC1. The molecule has 0 spiro atoms. The molecule has 0 aliphatic carbocycles. The Kier molecular flexibility index (Phi) is 2.72. The van der Waals surface area contributed by atoms with E-state index in [1.165, 1.54) is 25.6 Å². The first-order valence-electron chi connectivity index (χ1n) is 4.07. The van der Waals surface area contributed by atoms with Gasteiger partial charge in [0, 0.05) is 13.1 Å². The van der Waals surface area contributed by atoms with Crippen molar-refractivity contribution in [1.82, 2.24) is 4.90 Å². The smallest absolute Gasteiger partial charge is 0.0817 e. The van der Waals surface area contributed by atoms with Crippen molar-refractivity contribution in [3.05, 3.63) is 0 Å². The van der Waals surface area contributed by atoms with Gasteiger partial charge >= 0.3 is 0 Å². The zero-order valence-corrected chi connectivity index (χ0v) is 6.64. The Balaban J connectivity index is 2.32. The second-order valence-corrected chi connectivity index (χ2v) is 3.20. The van der Waals surface area contributed by atoms with E-state index in [2.05, 4.69) is 11.8 Å². The molecule has 1 saturated heterocycles. The fraction of sp³-hybridized carbons (Fsp3) is 0.875. The average Bonchev–Trinajstić information content (AvgIpc) is 2.14. The van der Waals surface area contributed by atoms with Gasteiger partial charge in [0.05, 0.1) is 6.34 Å². The number of likely N-dealkylation sites (tertiary alicyclic amines) is 1. The van der Waals surface area contributed by atoms with Crippen LogP contribution in [0.5, 0.6) is 0 Å². The molecule has 1 atom stereocenters. The molecule has 0 radical (unpaired) electrons. The zero-order valence-electron chi connectivity index (χ0n) is 6.64.